The molecular formula is C14H12ClN3OS2. The lowest BCUT2D eigenvalue weighted by Crippen LogP contribution is -2.27. The third-order valence-corrected chi connectivity index (χ3v) is 5.08. The number of thiophene rings is 1. The number of hydrazone groups is 1. The van der Waals surface area contributed by atoms with Gasteiger partial charge in [-0.25, -0.2) is 5.43 Å². The third kappa shape index (κ3) is 3.40. The molecule has 1 aromatic carbocycles. The molecule has 0 saturated carbocycles. The topological polar surface area (TPSA) is 44.7 Å². The quantitative estimate of drug-likeness (QED) is 0.869. The first-order chi connectivity index (χ1) is 10.2. The van der Waals surface area contributed by atoms with Crippen molar-refractivity contribution in [2.75, 3.05) is 17.2 Å². The average Bonchev–Trinajstić information content (AvgIpc) is 3.14. The second kappa shape index (κ2) is 6.51. The molecule has 2 aromatic rings. The van der Waals surface area contributed by atoms with E-state index in [4.69, 9.17) is 11.6 Å². The smallest absolute Gasteiger partial charge is 0.281 e. The summed E-state index contributed by atoms with van der Waals surface area (Å²) >= 11 is 8.69. The van der Waals surface area contributed by atoms with Crippen LogP contribution in [-0.2, 0) is 0 Å². The molecule has 1 amide bonds. The van der Waals surface area contributed by atoms with E-state index in [1.807, 2.05) is 30.3 Å². The molecule has 7 heteroatoms. The summed E-state index contributed by atoms with van der Waals surface area (Å²) in [6.07, 6.45) is 0. The molecule has 1 N–H and O–H groups in total. The van der Waals surface area contributed by atoms with Gasteiger partial charge < -0.3 is 4.90 Å². The summed E-state index contributed by atoms with van der Waals surface area (Å²) in [5.41, 5.74) is 3.67. The van der Waals surface area contributed by atoms with Gasteiger partial charge in [-0.3, -0.25) is 4.79 Å². The molecule has 0 spiro atoms. The van der Waals surface area contributed by atoms with E-state index in [0.29, 0.717) is 9.21 Å². The lowest BCUT2D eigenvalue weighted by atomic mass is 10.3. The molecule has 0 aliphatic carbocycles. The summed E-state index contributed by atoms with van der Waals surface area (Å²) in [4.78, 5) is 14.6. The van der Waals surface area contributed by atoms with Crippen LogP contribution in [-0.4, -0.2) is 23.4 Å². The van der Waals surface area contributed by atoms with Crippen LogP contribution < -0.4 is 10.3 Å². The average molecular weight is 338 g/mol. The number of hydrogen-bond donors (Lipinski definition) is 1. The first-order valence-electron chi connectivity index (χ1n) is 6.33. The van der Waals surface area contributed by atoms with Gasteiger partial charge >= 0.3 is 0 Å². The van der Waals surface area contributed by atoms with Crippen LogP contribution in [0, 0.1) is 0 Å². The Hall–Kier alpha value is -1.50. The van der Waals surface area contributed by atoms with Crippen LogP contribution in [0.5, 0.6) is 0 Å². The molecule has 0 atom stereocenters. The highest BCUT2D eigenvalue weighted by Gasteiger charge is 2.21. The van der Waals surface area contributed by atoms with Gasteiger partial charge in [0.2, 0.25) is 0 Å². The predicted molar refractivity (Wildman–Crippen MR) is 90.5 cm³/mol. The Morgan fingerprint density at radius 2 is 2.05 bits per heavy atom. The van der Waals surface area contributed by atoms with Crippen LogP contribution in [0.4, 0.5) is 5.69 Å². The van der Waals surface area contributed by atoms with E-state index >= 15 is 0 Å². The van der Waals surface area contributed by atoms with E-state index in [-0.39, 0.29) is 5.91 Å². The Balaban J connectivity index is 1.72. The number of halogens is 1. The number of thioether (sulfide) groups is 1. The minimum atomic E-state index is -0.236. The Morgan fingerprint density at radius 1 is 1.24 bits per heavy atom. The van der Waals surface area contributed by atoms with Crippen LogP contribution in [0.2, 0.25) is 4.34 Å². The fourth-order valence-corrected chi connectivity index (χ4v) is 3.78. The number of nitrogens with zero attached hydrogens (tertiary/aromatic N) is 2. The van der Waals surface area contributed by atoms with Crippen molar-refractivity contribution in [2.45, 2.75) is 0 Å². The molecule has 1 saturated heterocycles. The highest BCUT2D eigenvalue weighted by molar-refractivity contribution is 8.14. The van der Waals surface area contributed by atoms with Crippen molar-refractivity contribution in [1.29, 1.82) is 0 Å². The van der Waals surface area contributed by atoms with E-state index in [2.05, 4.69) is 15.4 Å². The predicted octanol–water partition coefficient (Wildman–Crippen LogP) is 3.66. The number of para-hydroxylation sites is 1. The number of carbonyl (C=O) groups excluding carboxylic acids is 1. The molecule has 1 aliphatic rings. The largest absolute Gasteiger partial charge is 0.319 e. The summed E-state index contributed by atoms with van der Waals surface area (Å²) in [7, 11) is 0. The second-order valence-corrected chi connectivity index (χ2v) is 7.05. The van der Waals surface area contributed by atoms with Crippen molar-refractivity contribution in [2.24, 2.45) is 5.10 Å². The monoisotopic (exact) mass is 337 g/mol. The molecule has 2 heterocycles. The van der Waals surface area contributed by atoms with Crippen molar-refractivity contribution in [1.82, 2.24) is 5.43 Å². The van der Waals surface area contributed by atoms with Gasteiger partial charge in [0.15, 0.2) is 5.17 Å². The maximum Gasteiger partial charge on any atom is 0.281 e. The molecule has 21 heavy (non-hydrogen) atoms. The normalized spacial score (nSPS) is 16.4. The van der Waals surface area contributed by atoms with Gasteiger partial charge in [0.1, 0.15) is 0 Å². The molecule has 108 valence electrons. The van der Waals surface area contributed by atoms with Crippen LogP contribution in [0.3, 0.4) is 0 Å². The fourth-order valence-electron chi connectivity index (χ4n) is 1.93. The number of hydrogen-bond acceptors (Lipinski definition) is 4. The van der Waals surface area contributed by atoms with Crippen molar-refractivity contribution in [3.05, 3.63) is 51.7 Å². The number of amidine groups is 1. The molecule has 0 radical (unpaired) electrons. The summed E-state index contributed by atoms with van der Waals surface area (Å²) in [5.74, 6) is 0.717. The van der Waals surface area contributed by atoms with Gasteiger partial charge in [-0.05, 0) is 24.3 Å². The van der Waals surface area contributed by atoms with Crippen molar-refractivity contribution in [3.63, 3.8) is 0 Å². The summed E-state index contributed by atoms with van der Waals surface area (Å²) in [6, 6.07) is 13.4. The van der Waals surface area contributed by atoms with Crippen LogP contribution in [0.1, 0.15) is 9.67 Å². The van der Waals surface area contributed by atoms with Gasteiger partial charge in [-0.1, -0.05) is 41.6 Å². The summed E-state index contributed by atoms with van der Waals surface area (Å²) < 4.78 is 0.592. The Labute approximate surface area is 135 Å². The molecule has 1 fully saturated rings. The van der Waals surface area contributed by atoms with E-state index in [0.717, 1.165) is 23.2 Å². The molecule has 4 nitrogen and oxygen atoms in total. The number of nitrogens with one attached hydrogen (secondary N) is 1. The Morgan fingerprint density at radius 3 is 2.76 bits per heavy atom. The zero-order valence-corrected chi connectivity index (χ0v) is 13.3. The standard InChI is InChI=1S/C14H12ClN3OS2/c15-12-7-6-11(21-12)13(19)16-17-14-18(8-9-20-14)10-4-2-1-3-5-10/h1-7H,8-9H2,(H,16,19)/b17-14+. The SMILES string of the molecule is O=C(N/N=C1/SCCN1c1ccccc1)c1ccc(Cl)s1. The van der Waals surface area contributed by atoms with Gasteiger partial charge in [-0.2, -0.15) is 0 Å². The minimum Gasteiger partial charge on any atom is -0.319 e. The number of carbonyl (C=O) groups is 1. The van der Waals surface area contributed by atoms with E-state index in [1.165, 1.54) is 11.3 Å². The molecule has 1 aliphatic heterocycles. The molecule has 0 unspecified atom stereocenters. The molecule has 3 rings (SSSR count). The Kier molecular flexibility index (Phi) is 4.48. The van der Waals surface area contributed by atoms with Crippen molar-refractivity contribution in [3.8, 4) is 0 Å². The third-order valence-electron chi connectivity index (χ3n) is 2.89. The highest BCUT2D eigenvalue weighted by Crippen LogP contribution is 2.25. The summed E-state index contributed by atoms with van der Waals surface area (Å²) in [5, 5.41) is 5.04. The van der Waals surface area contributed by atoms with E-state index in [1.54, 1.807) is 23.9 Å². The van der Waals surface area contributed by atoms with Gasteiger partial charge in [-0.15, -0.1) is 16.4 Å². The lowest BCUT2D eigenvalue weighted by Gasteiger charge is -2.17. The number of benzene rings is 1. The number of amides is 1. The van der Waals surface area contributed by atoms with Crippen LogP contribution >= 0.6 is 34.7 Å². The fraction of sp³-hybridized carbons (Fsp3) is 0.143. The maximum absolute atomic E-state index is 12.0. The second-order valence-electron chi connectivity index (χ2n) is 4.27. The maximum atomic E-state index is 12.0. The van der Waals surface area contributed by atoms with Crippen LogP contribution in [0.15, 0.2) is 47.6 Å². The highest BCUT2D eigenvalue weighted by atomic mass is 35.5. The first-order valence-corrected chi connectivity index (χ1v) is 8.51. The van der Waals surface area contributed by atoms with Crippen molar-refractivity contribution >= 4 is 51.5 Å². The van der Waals surface area contributed by atoms with Gasteiger partial charge in [0.25, 0.3) is 5.91 Å². The zero-order valence-electron chi connectivity index (χ0n) is 11.0. The first kappa shape index (κ1) is 14.4. The number of rotatable bonds is 3. The van der Waals surface area contributed by atoms with Gasteiger partial charge in [0, 0.05) is 18.0 Å². The molecular weight excluding hydrogens is 326 g/mol. The summed E-state index contributed by atoms with van der Waals surface area (Å²) in [6.45, 7) is 0.883. The zero-order chi connectivity index (χ0) is 14.7. The van der Waals surface area contributed by atoms with E-state index in [9.17, 15) is 4.79 Å². The van der Waals surface area contributed by atoms with Crippen molar-refractivity contribution < 1.29 is 4.79 Å². The Bertz CT molecular complexity index is 672. The lowest BCUT2D eigenvalue weighted by molar-refractivity contribution is 0.0959. The molecule has 0 bridgehead atoms. The van der Waals surface area contributed by atoms with Crippen LogP contribution in [0.25, 0.3) is 0 Å². The molecule has 1 aromatic heterocycles. The van der Waals surface area contributed by atoms with E-state index < -0.39 is 0 Å². The minimum absolute atomic E-state index is 0.236. The van der Waals surface area contributed by atoms with Gasteiger partial charge in [0.05, 0.1) is 9.21 Å². The number of anilines is 1.